The summed E-state index contributed by atoms with van der Waals surface area (Å²) in [6, 6.07) is 12.2. The van der Waals surface area contributed by atoms with Crippen molar-refractivity contribution in [3.05, 3.63) is 74.5 Å². The number of hydrogen-bond acceptors (Lipinski definition) is 6. The molecule has 0 saturated carbocycles. The monoisotopic (exact) mass is 416 g/mol. The van der Waals surface area contributed by atoms with Crippen LogP contribution in [0.15, 0.2) is 52.7 Å². The zero-order valence-corrected chi connectivity index (χ0v) is 17.1. The Balaban J connectivity index is 1.67. The highest BCUT2D eigenvalue weighted by Gasteiger charge is 2.11. The average molecular weight is 417 g/mol. The van der Waals surface area contributed by atoms with Crippen LogP contribution in [0.25, 0.3) is 16.6 Å². The molecule has 3 aromatic rings. The maximum absolute atomic E-state index is 12.1. The lowest BCUT2D eigenvalue weighted by atomic mass is 10.2. The Labute approximate surface area is 167 Å². The summed E-state index contributed by atoms with van der Waals surface area (Å²) < 4.78 is 27.9. The molecule has 0 aliphatic heterocycles. The van der Waals surface area contributed by atoms with Gasteiger partial charge in [-0.1, -0.05) is 30.3 Å². The lowest BCUT2D eigenvalue weighted by Crippen LogP contribution is -2.31. The molecular weight excluding hydrogens is 396 g/mol. The highest BCUT2D eigenvalue weighted by atomic mass is 32.2. The Kier molecular flexibility index (Phi) is 6.18. The molecule has 1 N–H and O–H groups in total. The zero-order valence-electron chi connectivity index (χ0n) is 15.5. The molecule has 3 rings (SSSR count). The largest absolute Gasteiger partial charge is 0.268 e. The van der Waals surface area contributed by atoms with Crippen LogP contribution in [0.2, 0.25) is 0 Å². The van der Waals surface area contributed by atoms with Crippen molar-refractivity contribution in [2.75, 3.05) is 6.54 Å². The van der Waals surface area contributed by atoms with E-state index in [1.807, 2.05) is 44.2 Å². The minimum atomic E-state index is -3.61. The van der Waals surface area contributed by atoms with Gasteiger partial charge in [-0.05, 0) is 31.6 Å². The fourth-order valence-corrected chi connectivity index (χ4v) is 4.27. The first-order valence-corrected chi connectivity index (χ1v) is 11.0. The molecule has 0 amide bonds. The summed E-state index contributed by atoms with van der Waals surface area (Å²) in [5.41, 5.74) is 2.00. The number of sulfonamides is 1. The summed E-state index contributed by atoms with van der Waals surface area (Å²) in [7, 11) is -3.61. The fraction of sp³-hybridized carbons (Fsp3) is 0.211. The van der Waals surface area contributed by atoms with Crippen LogP contribution in [-0.4, -0.2) is 29.7 Å². The molecule has 2 heterocycles. The third-order valence-corrected chi connectivity index (χ3v) is 6.07. The van der Waals surface area contributed by atoms with Gasteiger partial charge in [0.25, 0.3) is 5.56 Å². The maximum atomic E-state index is 12.1. The molecule has 0 bridgehead atoms. The van der Waals surface area contributed by atoms with Gasteiger partial charge in [0.15, 0.2) is 0 Å². The molecule has 9 heteroatoms. The molecule has 0 fully saturated rings. The predicted molar refractivity (Wildman–Crippen MR) is 111 cm³/mol. The lowest BCUT2D eigenvalue weighted by molar-refractivity contribution is 0.554. The van der Waals surface area contributed by atoms with Crippen LogP contribution in [0.1, 0.15) is 16.3 Å². The van der Waals surface area contributed by atoms with E-state index in [9.17, 15) is 13.2 Å². The molecule has 0 saturated heterocycles. The first kappa shape index (κ1) is 20.1. The minimum Gasteiger partial charge on any atom is -0.268 e. The van der Waals surface area contributed by atoms with E-state index in [1.165, 1.54) is 28.2 Å². The van der Waals surface area contributed by atoms with Crippen LogP contribution in [0.5, 0.6) is 0 Å². The van der Waals surface area contributed by atoms with Crippen LogP contribution in [0.4, 0.5) is 0 Å². The molecule has 28 heavy (non-hydrogen) atoms. The number of aromatic nitrogens is 3. The van der Waals surface area contributed by atoms with Crippen molar-refractivity contribution in [3.8, 4) is 10.6 Å². The maximum Gasteiger partial charge on any atom is 0.266 e. The Bertz CT molecular complexity index is 1150. The molecule has 0 radical (unpaired) electrons. The van der Waals surface area contributed by atoms with Crippen molar-refractivity contribution in [1.82, 2.24) is 19.5 Å². The van der Waals surface area contributed by atoms with Gasteiger partial charge in [-0.2, -0.15) is 5.10 Å². The number of nitrogens with one attached hydrogen (secondary N) is 1. The first-order chi connectivity index (χ1) is 13.3. The third kappa shape index (κ3) is 5.22. The molecule has 0 unspecified atom stereocenters. The van der Waals surface area contributed by atoms with Crippen molar-refractivity contribution in [2.45, 2.75) is 20.4 Å². The molecule has 0 aliphatic carbocycles. The molecule has 0 aliphatic rings. The molecule has 146 valence electrons. The Hall–Kier alpha value is -2.62. The van der Waals surface area contributed by atoms with E-state index < -0.39 is 10.0 Å². The number of rotatable bonds is 7. The lowest BCUT2D eigenvalue weighted by Gasteiger charge is -2.07. The number of aryl methyl sites for hydroxylation is 2. The standard InChI is InChI=1S/C19H20N4O3S2/c1-14-19(27-15(2)21-14)17-8-9-18(24)23(22-17)12-11-20-28(25,26)13-10-16-6-4-3-5-7-16/h3-10,13,20H,11-12H2,1-2H3. The predicted octanol–water partition coefficient (Wildman–Crippen LogP) is 2.57. The number of nitrogens with zero attached hydrogens (tertiary/aromatic N) is 3. The van der Waals surface area contributed by atoms with Gasteiger partial charge in [-0.15, -0.1) is 11.3 Å². The Morgan fingerprint density at radius 2 is 1.89 bits per heavy atom. The van der Waals surface area contributed by atoms with E-state index in [0.29, 0.717) is 5.69 Å². The smallest absolute Gasteiger partial charge is 0.266 e. The van der Waals surface area contributed by atoms with Gasteiger partial charge in [-0.25, -0.2) is 22.8 Å². The van der Waals surface area contributed by atoms with E-state index in [1.54, 1.807) is 6.07 Å². The van der Waals surface area contributed by atoms with Crippen LogP contribution in [0, 0.1) is 13.8 Å². The van der Waals surface area contributed by atoms with Gasteiger partial charge >= 0.3 is 0 Å². The number of benzene rings is 1. The quantitative estimate of drug-likeness (QED) is 0.639. The second-order valence-corrected chi connectivity index (χ2v) is 8.93. The normalized spacial score (nSPS) is 11.9. The van der Waals surface area contributed by atoms with Crippen LogP contribution in [0.3, 0.4) is 0 Å². The van der Waals surface area contributed by atoms with Gasteiger partial charge in [0.2, 0.25) is 10.0 Å². The topological polar surface area (TPSA) is 94.0 Å². The van der Waals surface area contributed by atoms with Crippen LogP contribution >= 0.6 is 11.3 Å². The van der Waals surface area contributed by atoms with Crippen molar-refractivity contribution in [2.24, 2.45) is 0 Å². The molecule has 7 nitrogen and oxygen atoms in total. The van der Waals surface area contributed by atoms with E-state index >= 15 is 0 Å². The van der Waals surface area contributed by atoms with E-state index in [0.717, 1.165) is 26.6 Å². The first-order valence-electron chi connectivity index (χ1n) is 8.59. The molecule has 0 spiro atoms. The summed E-state index contributed by atoms with van der Waals surface area (Å²) in [5.74, 6) is 0. The second kappa shape index (κ2) is 8.59. The van der Waals surface area contributed by atoms with E-state index in [4.69, 9.17) is 0 Å². The third-order valence-electron chi connectivity index (χ3n) is 3.87. The summed E-state index contributed by atoms with van der Waals surface area (Å²) in [5, 5.41) is 6.38. The van der Waals surface area contributed by atoms with E-state index in [2.05, 4.69) is 14.8 Å². The highest BCUT2D eigenvalue weighted by Crippen LogP contribution is 2.27. The van der Waals surface area contributed by atoms with Gasteiger partial charge in [-0.3, -0.25) is 4.79 Å². The van der Waals surface area contributed by atoms with Crippen molar-refractivity contribution >= 4 is 27.4 Å². The SMILES string of the molecule is Cc1nc(C)c(-c2ccc(=O)n(CCNS(=O)(=O)C=Cc3ccccc3)n2)s1. The van der Waals surface area contributed by atoms with Crippen LogP contribution in [-0.2, 0) is 16.6 Å². The molecule has 1 aromatic carbocycles. The minimum absolute atomic E-state index is 0.0541. The van der Waals surface area contributed by atoms with Crippen LogP contribution < -0.4 is 10.3 Å². The van der Waals surface area contributed by atoms with Crippen molar-refractivity contribution < 1.29 is 8.42 Å². The summed E-state index contributed by atoms with van der Waals surface area (Å²) in [6.07, 6.45) is 1.52. The van der Waals surface area contributed by atoms with Crippen molar-refractivity contribution in [1.29, 1.82) is 0 Å². The van der Waals surface area contributed by atoms with Gasteiger partial charge in [0.05, 0.1) is 22.1 Å². The number of thiazole rings is 1. The van der Waals surface area contributed by atoms with Gasteiger partial charge < -0.3 is 0 Å². The zero-order chi connectivity index (χ0) is 20.1. The second-order valence-electron chi connectivity index (χ2n) is 6.08. The van der Waals surface area contributed by atoms with Gasteiger partial charge in [0.1, 0.15) is 5.69 Å². The summed E-state index contributed by atoms with van der Waals surface area (Å²) in [6.45, 7) is 3.98. The van der Waals surface area contributed by atoms with Crippen molar-refractivity contribution in [3.63, 3.8) is 0 Å². The highest BCUT2D eigenvalue weighted by molar-refractivity contribution is 7.92. The Morgan fingerprint density at radius 1 is 1.14 bits per heavy atom. The van der Waals surface area contributed by atoms with E-state index in [-0.39, 0.29) is 18.6 Å². The number of hydrogen-bond donors (Lipinski definition) is 1. The molecular formula is C19H20N4O3S2. The summed E-state index contributed by atoms with van der Waals surface area (Å²) in [4.78, 5) is 17.3. The Morgan fingerprint density at radius 3 is 2.57 bits per heavy atom. The summed E-state index contributed by atoms with van der Waals surface area (Å²) >= 11 is 1.50. The van der Waals surface area contributed by atoms with Gasteiger partial charge in [0, 0.05) is 18.0 Å². The molecule has 2 aromatic heterocycles. The molecule has 0 atom stereocenters. The fourth-order valence-electron chi connectivity index (χ4n) is 2.57. The average Bonchev–Trinajstić information content (AvgIpc) is 3.01.